The first-order chi connectivity index (χ1) is 29.5. The molecular weight excluding hydrogens is 743 g/mol. The van der Waals surface area contributed by atoms with Gasteiger partial charge < -0.3 is 20.3 Å². The van der Waals surface area contributed by atoms with Gasteiger partial charge in [-0.3, -0.25) is 9.59 Å². The minimum Gasteiger partial charge on any atom is -0.466 e. The summed E-state index contributed by atoms with van der Waals surface area (Å²) >= 11 is 0. The molecule has 0 aliphatic rings. The van der Waals surface area contributed by atoms with E-state index in [-0.39, 0.29) is 18.5 Å². The zero-order chi connectivity index (χ0) is 43.7. The number of hydrogen-bond donors (Lipinski definition) is 3. The molecule has 0 spiro atoms. The second kappa shape index (κ2) is 50.0. The molecule has 0 aromatic rings. The third kappa shape index (κ3) is 45.9. The Morgan fingerprint density at radius 1 is 0.450 bits per heavy atom. The van der Waals surface area contributed by atoms with Crippen LogP contribution < -0.4 is 5.32 Å². The molecule has 0 heterocycles. The van der Waals surface area contributed by atoms with Crippen LogP contribution in [0.5, 0.6) is 0 Å². The molecule has 0 aromatic heterocycles. The summed E-state index contributed by atoms with van der Waals surface area (Å²) in [7, 11) is 0. The summed E-state index contributed by atoms with van der Waals surface area (Å²) in [5, 5.41) is 23.1. The van der Waals surface area contributed by atoms with Gasteiger partial charge in [0.05, 0.1) is 25.4 Å². The van der Waals surface area contributed by atoms with Crippen molar-refractivity contribution in [2.24, 2.45) is 0 Å². The molecule has 6 nitrogen and oxygen atoms in total. The van der Waals surface area contributed by atoms with Crippen LogP contribution in [0.1, 0.15) is 284 Å². The van der Waals surface area contributed by atoms with Crippen LogP contribution in [0, 0.1) is 0 Å². The van der Waals surface area contributed by atoms with E-state index in [1.165, 1.54) is 173 Å². The number of carbonyl (C=O) groups is 2. The van der Waals surface area contributed by atoms with E-state index in [9.17, 15) is 19.8 Å². The number of unbranched alkanes of at least 4 members (excludes halogenated alkanes) is 34. The highest BCUT2D eigenvalue weighted by atomic mass is 16.5. The molecule has 0 fully saturated rings. The first-order valence-corrected chi connectivity index (χ1v) is 26.6. The van der Waals surface area contributed by atoms with Gasteiger partial charge in [0.2, 0.25) is 5.91 Å². The number of carbonyl (C=O) groups excluding carboxylic acids is 2. The molecule has 0 aliphatic carbocycles. The van der Waals surface area contributed by atoms with E-state index in [1.54, 1.807) is 0 Å². The lowest BCUT2D eigenvalue weighted by Gasteiger charge is -2.22. The van der Waals surface area contributed by atoms with Crippen LogP contribution in [0.3, 0.4) is 0 Å². The second-order valence-electron chi connectivity index (χ2n) is 18.2. The number of hydrogen-bond acceptors (Lipinski definition) is 5. The van der Waals surface area contributed by atoms with E-state index in [1.807, 2.05) is 0 Å². The summed E-state index contributed by atoms with van der Waals surface area (Å²) in [5.41, 5.74) is 0. The molecule has 3 N–H and O–H groups in total. The summed E-state index contributed by atoms with van der Waals surface area (Å²) in [6, 6.07) is -0.559. The number of rotatable bonds is 49. The van der Waals surface area contributed by atoms with Crippen molar-refractivity contribution >= 4 is 11.9 Å². The maximum absolute atomic E-state index is 12.4. The molecule has 1 amide bonds. The Morgan fingerprint density at radius 3 is 1.18 bits per heavy atom. The van der Waals surface area contributed by atoms with Crippen LogP contribution in [0.2, 0.25) is 0 Å². The van der Waals surface area contributed by atoms with Gasteiger partial charge in [-0.05, 0) is 83.5 Å². The van der Waals surface area contributed by atoms with Crippen molar-refractivity contribution in [3.63, 3.8) is 0 Å². The number of ether oxygens (including phenoxy) is 1. The zero-order valence-corrected chi connectivity index (χ0v) is 40.2. The maximum Gasteiger partial charge on any atom is 0.305 e. The lowest BCUT2D eigenvalue weighted by atomic mass is 10.0. The number of aliphatic hydroxyl groups excluding tert-OH is 2. The highest BCUT2D eigenvalue weighted by Crippen LogP contribution is 2.16. The SMILES string of the molecule is CCCCCCCC/C=C\CCCCCCCCCCCC(=O)OCCCCC/C=C\CCCCCCCC(=O)NC(CO)C(O)CCCCCCCCCCCCCC. The molecule has 2 atom stereocenters. The van der Waals surface area contributed by atoms with Crippen LogP contribution in [0.4, 0.5) is 0 Å². The minimum absolute atomic E-state index is 0.0234. The first-order valence-electron chi connectivity index (χ1n) is 26.6. The third-order valence-corrected chi connectivity index (χ3v) is 12.2. The third-order valence-electron chi connectivity index (χ3n) is 12.2. The van der Waals surface area contributed by atoms with Gasteiger partial charge >= 0.3 is 5.97 Å². The molecule has 0 aromatic carbocycles. The predicted molar refractivity (Wildman–Crippen MR) is 260 cm³/mol. The van der Waals surface area contributed by atoms with E-state index >= 15 is 0 Å². The number of nitrogens with one attached hydrogen (secondary N) is 1. The standard InChI is InChI=1S/C54H103NO5/c1-3-5-7-9-11-13-15-17-18-19-20-21-22-23-28-32-36-40-44-48-54(59)60-49-45-41-37-33-29-25-24-27-31-35-39-43-47-53(58)55-51(50-56)52(57)46-42-38-34-30-26-16-14-12-10-8-6-4-2/h17-18,25,29,51-52,56-57H,3-16,19-24,26-28,30-50H2,1-2H3,(H,55,58)/b18-17-,29-25-. The predicted octanol–water partition coefficient (Wildman–Crippen LogP) is 15.9. The Labute approximate surface area is 373 Å². The Kier molecular flexibility index (Phi) is 48.6. The maximum atomic E-state index is 12.4. The van der Waals surface area contributed by atoms with Crippen LogP contribution in [0.25, 0.3) is 0 Å². The van der Waals surface area contributed by atoms with Gasteiger partial charge in [0.25, 0.3) is 0 Å². The Bertz CT molecular complexity index is 935. The number of esters is 1. The number of amides is 1. The number of aliphatic hydroxyl groups is 2. The molecule has 6 heteroatoms. The molecule has 0 saturated heterocycles. The lowest BCUT2D eigenvalue weighted by Crippen LogP contribution is -2.45. The van der Waals surface area contributed by atoms with Crippen molar-refractivity contribution in [3.05, 3.63) is 24.3 Å². The molecule has 0 aliphatic heterocycles. The van der Waals surface area contributed by atoms with E-state index in [0.717, 1.165) is 77.0 Å². The largest absolute Gasteiger partial charge is 0.466 e. The summed E-state index contributed by atoms with van der Waals surface area (Å²) in [4.78, 5) is 24.5. The smallest absolute Gasteiger partial charge is 0.305 e. The van der Waals surface area contributed by atoms with E-state index in [4.69, 9.17) is 4.74 Å². The topological polar surface area (TPSA) is 95.9 Å². The highest BCUT2D eigenvalue weighted by Gasteiger charge is 2.20. The van der Waals surface area contributed by atoms with Crippen molar-refractivity contribution in [1.82, 2.24) is 5.32 Å². The summed E-state index contributed by atoms with van der Waals surface area (Å²) in [5.74, 6) is -0.0848. The fourth-order valence-electron chi connectivity index (χ4n) is 8.10. The fourth-order valence-corrected chi connectivity index (χ4v) is 8.10. The van der Waals surface area contributed by atoms with E-state index in [2.05, 4.69) is 43.5 Å². The molecule has 0 saturated carbocycles. The van der Waals surface area contributed by atoms with Crippen LogP contribution >= 0.6 is 0 Å². The van der Waals surface area contributed by atoms with Gasteiger partial charge in [-0.2, -0.15) is 0 Å². The average molecular weight is 846 g/mol. The monoisotopic (exact) mass is 846 g/mol. The molecule has 0 bridgehead atoms. The Hall–Kier alpha value is -1.66. The quantitative estimate of drug-likeness (QED) is 0.0322. The van der Waals surface area contributed by atoms with Crippen LogP contribution in [-0.2, 0) is 14.3 Å². The van der Waals surface area contributed by atoms with Gasteiger partial charge in [0.1, 0.15) is 0 Å². The van der Waals surface area contributed by atoms with Gasteiger partial charge in [-0.1, -0.05) is 212 Å². The lowest BCUT2D eigenvalue weighted by molar-refractivity contribution is -0.143. The molecule has 354 valence electrons. The molecule has 60 heavy (non-hydrogen) atoms. The number of allylic oxidation sites excluding steroid dienone is 4. The minimum atomic E-state index is -0.679. The van der Waals surface area contributed by atoms with Crippen molar-refractivity contribution in [2.45, 2.75) is 296 Å². The first kappa shape index (κ1) is 58.3. The summed E-state index contributed by atoms with van der Waals surface area (Å²) in [6.45, 7) is 4.88. The van der Waals surface area contributed by atoms with Gasteiger partial charge in [-0.25, -0.2) is 0 Å². The molecule has 2 unspecified atom stereocenters. The Morgan fingerprint density at radius 2 is 0.783 bits per heavy atom. The van der Waals surface area contributed by atoms with Crippen molar-refractivity contribution in [3.8, 4) is 0 Å². The molecule has 0 radical (unpaired) electrons. The normalized spacial score (nSPS) is 12.8. The summed E-state index contributed by atoms with van der Waals surface area (Å²) in [6.07, 6.45) is 58.7. The Balaban J connectivity index is 3.47. The molecular formula is C54H103NO5. The van der Waals surface area contributed by atoms with Gasteiger partial charge in [0.15, 0.2) is 0 Å². The zero-order valence-electron chi connectivity index (χ0n) is 40.2. The summed E-state index contributed by atoms with van der Waals surface area (Å²) < 4.78 is 5.46. The van der Waals surface area contributed by atoms with E-state index < -0.39 is 12.1 Å². The van der Waals surface area contributed by atoms with Crippen molar-refractivity contribution < 1.29 is 24.5 Å². The highest BCUT2D eigenvalue weighted by molar-refractivity contribution is 5.76. The van der Waals surface area contributed by atoms with Crippen LogP contribution in [0.15, 0.2) is 24.3 Å². The van der Waals surface area contributed by atoms with Gasteiger partial charge in [-0.15, -0.1) is 0 Å². The molecule has 0 rings (SSSR count). The fraction of sp³-hybridized carbons (Fsp3) is 0.889. The average Bonchev–Trinajstić information content (AvgIpc) is 3.25. The van der Waals surface area contributed by atoms with Gasteiger partial charge in [0, 0.05) is 12.8 Å². The van der Waals surface area contributed by atoms with E-state index in [0.29, 0.717) is 25.9 Å². The van der Waals surface area contributed by atoms with Crippen molar-refractivity contribution in [2.75, 3.05) is 13.2 Å². The van der Waals surface area contributed by atoms with Crippen LogP contribution in [-0.4, -0.2) is 47.4 Å². The second-order valence-corrected chi connectivity index (χ2v) is 18.2. The van der Waals surface area contributed by atoms with Crippen molar-refractivity contribution in [1.29, 1.82) is 0 Å².